The summed E-state index contributed by atoms with van der Waals surface area (Å²) in [6.45, 7) is 1.10. The third-order valence-electron chi connectivity index (χ3n) is 3.56. The molecule has 1 fully saturated rings. The average molecular weight is 314 g/mol. The summed E-state index contributed by atoms with van der Waals surface area (Å²) in [6, 6.07) is 10.9. The second-order valence-corrected chi connectivity index (χ2v) is 5.17. The SMILES string of the molecule is COc1ccccc1OCC(=O)N1CC(Oc2cccnc2)C1. The highest BCUT2D eigenvalue weighted by Crippen LogP contribution is 2.26. The van der Waals surface area contributed by atoms with Crippen LogP contribution in [-0.2, 0) is 4.79 Å². The largest absolute Gasteiger partial charge is 0.493 e. The molecule has 0 radical (unpaired) electrons. The summed E-state index contributed by atoms with van der Waals surface area (Å²) in [5.41, 5.74) is 0. The molecule has 3 rings (SSSR count). The van der Waals surface area contributed by atoms with Crippen LogP contribution < -0.4 is 14.2 Å². The summed E-state index contributed by atoms with van der Waals surface area (Å²) in [5, 5.41) is 0. The van der Waals surface area contributed by atoms with E-state index < -0.39 is 0 Å². The molecular weight excluding hydrogens is 296 g/mol. The van der Waals surface area contributed by atoms with Crippen molar-refractivity contribution in [1.29, 1.82) is 0 Å². The summed E-state index contributed by atoms with van der Waals surface area (Å²) < 4.78 is 16.4. The van der Waals surface area contributed by atoms with Crippen LogP contribution in [0.4, 0.5) is 0 Å². The molecule has 1 aliphatic heterocycles. The maximum atomic E-state index is 12.1. The lowest BCUT2D eigenvalue weighted by molar-refractivity contribution is -0.142. The quantitative estimate of drug-likeness (QED) is 0.813. The molecule has 1 saturated heterocycles. The Labute approximate surface area is 134 Å². The van der Waals surface area contributed by atoms with E-state index in [0.717, 1.165) is 5.75 Å². The number of ether oxygens (including phenoxy) is 3. The van der Waals surface area contributed by atoms with Gasteiger partial charge in [-0.25, -0.2) is 0 Å². The van der Waals surface area contributed by atoms with Gasteiger partial charge in [-0.15, -0.1) is 0 Å². The second-order valence-electron chi connectivity index (χ2n) is 5.17. The number of hydrogen-bond donors (Lipinski definition) is 0. The van der Waals surface area contributed by atoms with Crippen LogP contribution in [0.1, 0.15) is 0 Å². The molecule has 1 amide bonds. The first kappa shape index (κ1) is 15.1. The van der Waals surface area contributed by atoms with Gasteiger partial charge in [0.25, 0.3) is 5.91 Å². The van der Waals surface area contributed by atoms with E-state index in [1.165, 1.54) is 0 Å². The minimum Gasteiger partial charge on any atom is -0.493 e. The molecule has 0 bridgehead atoms. The first-order chi connectivity index (χ1) is 11.3. The lowest BCUT2D eigenvalue weighted by Crippen LogP contribution is -2.57. The molecule has 0 N–H and O–H groups in total. The number of nitrogens with zero attached hydrogens (tertiary/aromatic N) is 2. The van der Waals surface area contributed by atoms with Crippen LogP contribution in [0.25, 0.3) is 0 Å². The Morgan fingerprint density at radius 1 is 1.22 bits per heavy atom. The number of methoxy groups -OCH3 is 1. The van der Waals surface area contributed by atoms with E-state index in [0.29, 0.717) is 24.6 Å². The van der Waals surface area contributed by atoms with Crippen LogP contribution >= 0.6 is 0 Å². The number of amides is 1. The Hall–Kier alpha value is -2.76. The molecule has 1 aromatic heterocycles. The molecule has 0 atom stereocenters. The third-order valence-corrected chi connectivity index (χ3v) is 3.56. The first-order valence-corrected chi connectivity index (χ1v) is 7.36. The highest BCUT2D eigenvalue weighted by molar-refractivity contribution is 5.78. The van der Waals surface area contributed by atoms with E-state index >= 15 is 0 Å². The predicted octanol–water partition coefficient (Wildman–Crippen LogP) is 1.76. The third kappa shape index (κ3) is 3.71. The number of benzene rings is 1. The van der Waals surface area contributed by atoms with Gasteiger partial charge in [0.15, 0.2) is 18.1 Å². The van der Waals surface area contributed by atoms with Gasteiger partial charge in [-0.3, -0.25) is 9.78 Å². The molecule has 6 heteroatoms. The molecule has 1 aliphatic rings. The van der Waals surface area contributed by atoms with Gasteiger partial charge in [0.05, 0.1) is 26.4 Å². The zero-order chi connectivity index (χ0) is 16.1. The summed E-state index contributed by atoms with van der Waals surface area (Å²) in [6.07, 6.45) is 3.36. The van der Waals surface area contributed by atoms with Crippen molar-refractivity contribution in [1.82, 2.24) is 9.88 Å². The maximum Gasteiger partial charge on any atom is 0.260 e. The van der Waals surface area contributed by atoms with Crippen LogP contribution in [0.2, 0.25) is 0 Å². The standard InChI is InChI=1S/C17H18N2O4/c1-21-15-6-2-3-7-16(15)22-12-17(20)19-10-14(11-19)23-13-5-4-8-18-9-13/h2-9,14H,10-12H2,1H3. The Morgan fingerprint density at radius 2 is 2.00 bits per heavy atom. The van der Waals surface area contributed by atoms with Crippen LogP contribution in [-0.4, -0.2) is 48.7 Å². The molecule has 6 nitrogen and oxygen atoms in total. The number of aromatic nitrogens is 1. The average Bonchev–Trinajstić information content (AvgIpc) is 2.56. The summed E-state index contributed by atoms with van der Waals surface area (Å²) in [5.74, 6) is 1.82. The van der Waals surface area contributed by atoms with Crippen molar-refractivity contribution in [2.24, 2.45) is 0 Å². The molecule has 1 aromatic carbocycles. The van der Waals surface area contributed by atoms with E-state index in [9.17, 15) is 4.79 Å². The van der Waals surface area contributed by atoms with Crippen LogP contribution in [0.3, 0.4) is 0 Å². The fraction of sp³-hybridized carbons (Fsp3) is 0.294. The number of hydrogen-bond acceptors (Lipinski definition) is 5. The van der Waals surface area contributed by atoms with Crippen molar-refractivity contribution in [3.8, 4) is 17.2 Å². The molecule has 2 aromatic rings. The van der Waals surface area contributed by atoms with E-state index in [2.05, 4.69) is 4.98 Å². The first-order valence-electron chi connectivity index (χ1n) is 7.36. The maximum absolute atomic E-state index is 12.1. The topological polar surface area (TPSA) is 60.9 Å². The number of carbonyl (C=O) groups is 1. The van der Waals surface area contributed by atoms with E-state index in [1.54, 1.807) is 36.5 Å². The smallest absolute Gasteiger partial charge is 0.260 e. The molecule has 0 saturated carbocycles. The highest BCUT2D eigenvalue weighted by atomic mass is 16.5. The number of carbonyl (C=O) groups excluding carboxylic acids is 1. The molecule has 0 aliphatic carbocycles. The van der Waals surface area contributed by atoms with Gasteiger partial charge >= 0.3 is 0 Å². The Bertz CT molecular complexity index is 657. The van der Waals surface area contributed by atoms with Crippen molar-refractivity contribution in [2.45, 2.75) is 6.10 Å². The Kier molecular flexibility index (Phi) is 4.61. The van der Waals surface area contributed by atoms with Gasteiger partial charge in [-0.2, -0.15) is 0 Å². The molecule has 2 heterocycles. The molecule has 0 spiro atoms. The zero-order valence-corrected chi connectivity index (χ0v) is 12.8. The number of pyridine rings is 1. The predicted molar refractivity (Wildman–Crippen MR) is 83.7 cm³/mol. The van der Waals surface area contributed by atoms with Crippen LogP contribution in [0, 0.1) is 0 Å². The molecule has 23 heavy (non-hydrogen) atoms. The monoisotopic (exact) mass is 314 g/mol. The summed E-state index contributed by atoms with van der Waals surface area (Å²) in [4.78, 5) is 17.8. The van der Waals surface area contributed by atoms with Gasteiger partial charge in [0.2, 0.25) is 0 Å². The minimum atomic E-state index is -0.0676. The lowest BCUT2D eigenvalue weighted by Gasteiger charge is -2.38. The Balaban J connectivity index is 1.44. The van der Waals surface area contributed by atoms with Gasteiger partial charge < -0.3 is 19.1 Å². The van der Waals surface area contributed by atoms with Gasteiger partial charge in [0, 0.05) is 6.20 Å². The highest BCUT2D eigenvalue weighted by Gasteiger charge is 2.32. The summed E-state index contributed by atoms with van der Waals surface area (Å²) in [7, 11) is 1.57. The summed E-state index contributed by atoms with van der Waals surface area (Å²) >= 11 is 0. The van der Waals surface area contributed by atoms with Crippen molar-refractivity contribution < 1.29 is 19.0 Å². The van der Waals surface area contributed by atoms with Crippen LogP contribution in [0.15, 0.2) is 48.8 Å². The van der Waals surface area contributed by atoms with Crippen molar-refractivity contribution in [3.63, 3.8) is 0 Å². The van der Waals surface area contributed by atoms with Crippen LogP contribution in [0.5, 0.6) is 17.2 Å². The van der Waals surface area contributed by atoms with E-state index in [1.807, 2.05) is 24.3 Å². The van der Waals surface area contributed by atoms with Crippen molar-refractivity contribution >= 4 is 5.91 Å². The lowest BCUT2D eigenvalue weighted by atomic mass is 10.1. The normalized spacial score (nSPS) is 14.0. The van der Waals surface area contributed by atoms with Crippen molar-refractivity contribution in [2.75, 3.05) is 26.8 Å². The number of para-hydroxylation sites is 2. The van der Waals surface area contributed by atoms with Gasteiger partial charge in [0.1, 0.15) is 11.9 Å². The van der Waals surface area contributed by atoms with Gasteiger partial charge in [-0.05, 0) is 24.3 Å². The van der Waals surface area contributed by atoms with E-state index in [4.69, 9.17) is 14.2 Å². The fourth-order valence-corrected chi connectivity index (χ4v) is 2.29. The molecule has 120 valence electrons. The molecular formula is C17H18N2O4. The van der Waals surface area contributed by atoms with Crippen molar-refractivity contribution in [3.05, 3.63) is 48.8 Å². The number of likely N-dealkylation sites (tertiary alicyclic amines) is 1. The van der Waals surface area contributed by atoms with Gasteiger partial charge in [-0.1, -0.05) is 12.1 Å². The second kappa shape index (κ2) is 7.00. The Morgan fingerprint density at radius 3 is 2.70 bits per heavy atom. The molecule has 0 unspecified atom stereocenters. The van der Waals surface area contributed by atoms with E-state index in [-0.39, 0.29) is 18.6 Å². The fourth-order valence-electron chi connectivity index (χ4n) is 2.29. The number of rotatable bonds is 6. The zero-order valence-electron chi connectivity index (χ0n) is 12.8. The minimum absolute atomic E-state index is 0.00871.